The van der Waals surface area contributed by atoms with Crippen LogP contribution < -0.4 is 10.1 Å². The van der Waals surface area contributed by atoms with Crippen LogP contribution in [0.25, 0.3) is 0 Å². The molecule has 3 rings (SSSR count). The van der Waals surface area contributed by atoms with Crippen LogP contribution in [0, 0.1) is 5.82 Å². The lowest BCUT2D eigenvalue weighted by molar-refractivity contribution is 0.400. The van der Waals surface area contributed by atoms with Crippen LogP contribution in [0.2, 0.25) is 0 Å². The standard InChI is InChI=1S/C16H16ClFN4O/c1-19-13-4-3-11(7-12(13)18)23-14-5-6-20-16(15(14)17)10-8-21-22(2)9-10/h3-4,7-9,19H,5-6H2,1-2H3. The van der Waals surface area contributed by atoms with Crippen molar-refractivity contribution in [1.29, 1.82) is 0 Å². The second kappa shape index (κ2) is 6.42. The Balaban J connectivity index is 1.87. The van der Waals surface area contributed by atoms with E-state index in [1.165, 1.54) is 6.07 Å². The number of anilines is 1. The zero-order valence-corrected chi connectivity index (χ0v) is 13.6. The molecule has 120 valence electrons. The SMILES string of the molecule is CNc1ccc(OC2=C(Cl)C(c3cnn(C)c3)=NCC2)cc1F. The Hall–Kier alpha value is -2.34. The second-order valence-corrected chi connectivity index (χ2v) is 5.49. The molecular weight excluding hydrogens is 319 g/mol. The van der Waals surface area contributed by atoms with E-state index in [0.717, 1.165) is 5.56 Å². The highest BCUT2D eigenvalue weighted by molar-refractivity contribution is 6.46. The maximum Gasteiger partial charge on any atom is 0.149 e. The number of aromatic nitrogens is 2. The molecule has 2 heterocycles. The molecule has 0 fully saturated rings. The molecule has 0 saturated heterocycles. The molecule has 1 aliphatic rings. The van der Waals surface area contributed by atoms with Crippen LogP contribution >= 0.6 is 11.6 Å². The largest absolute Gasteiger partial charge is 0.460 e. The second-order valence-electron chi connectivity index (χ2n) is 5.11. The summed E-state index contributed by atoms with van der Waals surface area (Å²) in [5.41, 5.74) is 1.89. The van der Waals surface area contributed by atoms with Gasteiger partial charge in [0.25, 0.3) is 0 Å². The van der Waals surface area contributed by atoms with Crippen molar-refractivity contribution in [3.05, 3.63) is 52.8 Å². The van der Waals surface area contributed by atoms with E-state index in [-0.39, 0.29) is 5.82 Å². The summed E-state index contributed by atoms with van der Waals surface area (Å²) in [6.45, 7) is 0.562. The molecule has 0 bridgehead atoms. The van der Waals surface area contributed by atoms with E-state index >= 15 is 0 Å². The predicted molar refractivity (Wildman–Crippen MR) is 88.7 cm³/mol. The highest BCUT2D eigenvalue weighted by Gasteiger charge is 2.20. The minimum Gasteiger partial charge on any atom is -0.460 e. The van der Waals surface area contributed by atoms with Gasteiger partial charge in [0.15, 0.2) is 0 Å². The van der Waals surface area contributed by atoms with Crippen molar-refractivity contribution in [1.82, 2.24) is 9.78 Å². The summed E-state index contributed by atoms with van der Waals surface area (Å²) >= 11 is 6.42. The molecule has 0 saturated carbocycles. The number of nitrogens with one attached hydrogen (secondary N) is 1. The molecule has 0 spiro atoms. The minimum atomic E-state index is -0.376. The Labute approximate surface area is 138 Å². The Morgan fingerprint density at radius 2 is 2.22 bits per heavy atom. The summed E-state index contributed by atoms with van der Waals surface area (Å²) in [6.07, 6.45) is 4.11. The monoisotopic (exact) mass is 334 g/mol. The van der Waals surface area contributed by atoms with Crippen molar-refractivity contribution in [3.63, 3.8) is 0 Å². The summed E-state index contributed by atoms with van der Waals surface area (Å²) in [5.74, 6) is 0.609. The Morgan fingerprint density at radius 3 is 2.87 bits per heavy atom. The van der Waals surface area contributed by atoms with Gasteiger partial charge in [-0.25, -0.2) is 4.39 Å². The van der Waals surface area contributed by atoms with Gasteiger partial charge in [-0.15, -0.1) is 0 Å². The van der Waals surface area contributed by atoms with Crippen LogP contribution in [0.15, 0.2) is 46.4 Å². The number of benzene rings is 1. The first-order valence-corrected chi connectivity index (χ1v) is 7.54. The summed E-state index contributed by atoms with van der Waals surface area (Å²) < 4.78 is 21.3. The van der Waals surface area contributed by atoms with Crippen molar-refractivity contribution in [2.75, 3.05) is 18.9 Å². The van der Waals surface area contributed by atoms with Gasteiger partial charge in [-0.2, -0.15) is 5.10 Å². The molecule has 0 radical (unpaired) electrons. The van der Waals surface area contributed by atoms with Gasteiger partial charge in [-0.05, 0) is 12.1 Å². The van der Waals surface area contributed by atoms with Crippen molar-refractivity contribution in [3.8, 4) is 5.75 Å². The van der Waals surface area contributed by atoms with E-state index in [4.69, 9.17) is 16.3 Å². The predicted octanol–water partition coefficient (Wildman–Crippen LogP) is 3.32. The molecule has 7 heteroatoms. The van der Waals surface area contributed by atoms with Crippen LogP contribution in [0.5, 0.6) is 5.75 Å². The first-order valence-electron chi connectivity index (χ1n) is 7.16. The number of nitrogens with zero attached hydrogens (tertiary/aromatic N) is 3. The van der Waals surface area contributed by atoms with Crippen molar-refractivity contribution in [2.24, 2.45) is 12.0 Å². The lowest BCUT2D eigenvalue weighted by Gasteiger charge is -2.17. The summed E-state index contributed by atoms with van der Waals surface area (Å²) in [5, 5.41) is 7.32. The number of ether oxygens (including phenoxy) is 1. The number of allylic oxidation sites excluding steroid dienone is 1. The van der Waals surface area contributed by atoms with Gasteiger partial charge in [0.2, 0.25) is 0 Å². The normalized spacial score (nSPS) is 14.7. The van der Waals surface area contributed by atoms with Crippen LogP contribution in [0.1, 0.15) is 12.0 Å². The fraction of sp³-hybridized carbons (Fsp3) is 0.250. The van der Waals surface area contributed by atoms with Crippen LogP contribution in [0.3, 0.4) is 0 Å². The molecule has 1 aliphatic heterocycles. The number of hydrogen-bond donors (Lipinski definition) is 1. The molecule has 5 nitrogen and oxygen atoms in total. The quantitative estimate of drug-likeness (QED) is 0.933. The molecule has 1 aromatic heterocycles. The zero-order chi connectivity index (χ0) is 16.4. The van der Waals surface area contributed by atoms with E-state index in [2.05, 4.69) is 15.4 Å². The highest BCUT2D eigenvalue weighted by Crippen LogP contribution is 2.28. The molecule has 2 aromatic rings. The van der Waals surface area contributed by atoms with Crippen LogP contribution in [0.4, 0.5) is 10.1 Å². The van der Waals surface area contributed by atoms with E-state index in [1.54, 1.807) is 30.1 Å². The van der Waals surface area contributed by atoms with Gasteiger partial charge >= 0.3 is 0 Å². The number of hydrogen-bond acceptors (Lipinski definition) is 4. The maximum absolute atomic E-state index is 13.8. The maximum atomic E-state index is 13.8. The Bertz CT molecular complexity index is 797. The highest BCUT2D eigenvalue weighted by atomic mass is 35.5. The van der Waals surface area contributed by atoms with Crippen LogP contribution in [-0.4, -0.2) is 29.1 Å². The number of halogens is 2. The molecule has 0 atom stereocenters. The van der Waals surface area contributed by atoms with E-state index in [1.807, 2.05) is 13.2 Å². The van der Waals surface area contributed by atoms with Gasteiger partial charge < -0.3 is 10.1 Å². The molecule has 0 unspecified atom stereocenters. The topological polar surface area (TPSA) is 51.4 Å². The Kier molecular flexibility index (Phi) is 4.34. The van der Waals surface area contributed by atoms with Crippen molar-refractivity contribution >= 4 is 23.0 Å². The lowest BCUT2D eigenvalue weighted by Crippen LogP contribution is -2.14. The summed E-state index contributed by atoms with van der Waals surface area (Å²) in [6, 6.07) is 4.65. The van der Waals surface area contributed by atoms with Crippen LogP contribution in [-0.2, 0) is 7.05 Å². The third kappa shape index (κ3) is 3.22. The van der Waals surface area contributed by atoms with Crippen molar-refractivity contribution in [2.45, 2.75) is 6.42 Å². The smallest absolute Gasteiger partial charge is 0.149 e. The third-order valence-corrected chi connectivity index (χ3v) is 3.88. The zero-order valence-electron chi connectivity index (χ0n) is 12.8. The average molecular weight is 335 g/mol. The van der Waals surface area contributed by atoms with E-state index < -0.39 is 0 Å². The third-order valence-electron chi connectivity index (χ3n) is 3.49. The van der Waals surface area contributed by atoms with E-state index in [9.17, 15) is 4.39 Å². The fourth-order valence-corrected chi connectivity index (χ4v) is 2.64. The molecular formula is C16H16ClFN4O. The molecule has 1 N–H and O–H groups in total. The van der Waals surface area contributed by atoms with Gasteiger partial charge in [0.05, 0.1) is 17.6 Å². The Morgan fingerprint density at radius 1 is 1.39 bits per heavy atom. The van der Waals surface area contributed by atoms with Crippen molar-refractivity contribution < 1.29 is 9.13 Å². The number of aliphatic imine (C=N–C) groups is 1. The summed E-state index contributed by atoms with van der Waals surface area (Å²) in [4.78, 5) is 4.44. The fourth-order valence-electron chi connectivity index (χ4n) is 2.34. The van der Waals surface area contributed by atoms with Gasteiger partial charge in [-0.3, -0.25) is 9.67 Å². The van der Waals surface area contributed by atoms with E-state index in [0.29, 0.717) is 40.9 Å². The van der Waals surface area contributed by atoms with Gasteiger partial charge in [0, 0.05) is 44.9 Å². The first-order chi connectivity index (χ1) is 11.1. The number of dihydropyridines is 1. The average Bonchev–Trinajstić information content (AvgIpc) is 2.96. The summed E-state index contributed by atoms with van der Waals surface area (Å²) in [7, 11) is 3.49. The first kappa shape index (κ1) is 15.6. The minimum absolute atomic E-state index is 0.376. The molecule has 1 aromatic carbocycles. The lowest BCUT2D eigenvalue weighted by atomic mass is 10.1. The van der Waals surface area contributed by atoms with Gasteiger partial charge in [0.1, 0.15) is 22.4 Å². The molecule has 23 heavy (non-hydrogen) atoms. The molecule has 0 aliphatic carbocycles. The number of aryl methyl sites for hydroxylation is 1. The number of rotatable bonds is 4. The molecule has 0 amide bonds. The van der Waals surface area contributed by atoms with Gasteiger partial charge in [-0.1, -0.05) is 11.6 Å².